The monoisotopic (exact) mass is 246 g/mol. The van der Waals surface area contributed by atoms with E-state index in [1.807, 2.05) is 0 Å². The standard InChI is InChI=1S/C7H18Si.C5H12.C3H8/c1-7(2)6-8(3,4)5;1-4-5(2)3;1-3-2/h7H,6H2,1-5H3;5H,4H2,1-3H3;3H2,1-2H3. The highest BCUT2D eigenvalue weighted by Gasteiger charge is 2.13. The minimum Gasteiger partial charge on any atom is -0.0695 e. The minimum atomic E-state index is -0.720. The first-order chi connectivity index (χ1) is 7.10. The van der Waals surface area contributed by atoms with Crippen molar-refractivity contribution in [3.8, 4) is 0 Å². The summed E-state index contributed by atoms with van der Waals surface area (Å²) in [6.07, 6.45) is 2.56. The van der Waals surface area contributed by atoms with Gasteiger partial charge in [0.1, 0.15) is 0 Å². The highest BCUT2D eigenvalue weighted by atomic mass is 28.3. The molecule has 0 saturated heterocycles. The van der Waals surface area contributed by atoms with Gasteiger partial charge >= 0.3 is 0 Å². The van der Waals surface area contributed by atoms with E-state index in [0.29, 0.717) is 0 Å². The van der Waals surface area contributed by atoms with Gasteiger partial charge in [-0.15, -0.1) is 0 Å². The highest BCUT2D eigenvalue weighted by molar-refractivity contribution is 6.76. The summed E-state index contributed by atoms with van der Waals surface area (Å²) in [5.41, 5.74) is 0. The second-order valence-corrected chi connectivity index (χ2v) is 12.2. The van der Waals surface area contributed by atoms with Gasteiger partial charge in [0.2, 0.25) is 0 Å². The molecule has 0 aliphatic rings. The van der Waals surface area contributed by atoms with Crippen molar-refractivity contribution in [2.75, 3.05) is 0 Å². The lowest BCUT2D eigenvalue weighted by atomic mass is 10.2. The molecular weight excluding hydrogens is 208 g/mol. The average Bonchev–Trinajstić information content (AvgIpc) is 2.01. The molecule has 1 heteroatoms. The molecule has 0 aliphatic carbocycles. The van der Waals surface area contributed by atoms with Gasteiger partial charge in [-0.05, 0) is 11.8 Å². The van der Waals surface area contributed by atoms with Gasteiger partial charge in [-0.2, -0.15) is 0 Å². The Morgan fingerprint density at radius 2 is 1.00 bits per heavy atom. The van der Waals surface area contributed by atoms with Gasteiger partial charge < -0.3 is 0 Å². The van der Waals surface area contributed by atoms with Crippen LogP contribution in [-0.2, 0) is 0 Å². The van der Waals surface area contributed by atoms with Gasteiger partial charge in [0, 0.05) is 8.07 Å². The van der Waals surface area contributed by atoms with Crippen LogP contribution in [0.2, 0.25) is 25.7 Å². The van der Waals surface area contributed by atoms with Crippen molar-refractivity contribution in [3.05, 3.63) is 0 Å². The third kappa shape index (κ3) is 47.7. The fourth-order valence-corrected chi connectivity index (χ4v) is 3.67. The zero-order valence-electron chi connectivity index (χ0n) is 13.8. The molecule has 0 aromatic heterocycles. The van der Waals surface area contributed by atoms with Gasteiger partial charge in [0.05, 0.1) is 0 Å². The van der Waals surface area contributed by atoms with Crippen molar-refractivity contribution in [3.63, 3.8) is 0 Å². The number of hydrogen-bond acceptors (Lipinski definition) is 0. The lowest BCUT2D eigenvalue weighted by molar-refractivity contribution is 0.626. The average molecular weight is 247 g/mol. The minimum absolute atomic E-state index is 0.720. The lowest BCUT2D eigenvalue weighted by Crippen LogP contribution is -2.21. The smallest absolute Gasteiger partial charge is 0.0445 e. The van der Waals surface area contributed by atoms with Crippen LogP contribution in [0.5, 0.6) is 0 Å². The summed E-state index contributed by atoms with van der Waals surface area (Å²) in [7, 11) is -0.720. The van der Waals surface area contributed by atoms with Crippen molar-refractivity contribution in [2.45, 2.75) is 87.0 Å². The van der Waals surface area contributed by atoms with Crippen LogP contribution in [0.25, 0.3) is 0 Å². The van der Waals surface area contributed by atoms with Gasteiger partial charge in [0.25, 0.3) is 0 Å². The molecule has 0 aromatic rings. The van der Waals surface area contributed by atoms with Crippen LogP contribution in [0.1, 0.15) is 61.3 Å². The van der Waals surface area contributed by atoms with Crippen molar-refractivity contribution >= 4 is 8.07 Å². The predicted molar refractivity (Wildman–Crippen MR) is 84.1 cm³/mol. The molecule has 0 nitrogen and oxygen atoms in total. The molecule has 0 aliphatic heterocycles. The van der Waals surface area contributed by atoms with E-state index < -0.39 is 8.07 Å². The molecule has 0 N–H and O–H groups in total. The van der Waals surface area contributed by atoms with Gasteiger partial charge in [-0.25, -0.2) is 0 Å². The number of hydrogen-bond donors (Lipinski definition) is 0. The molecule has 0 heterocycles. The maximum absolute atomic E-state index is 2.42. The van der Waals surface area contributed by atoms with Crippen LogP contribution < -0.4 is 0 Å². The SMILES string of the molecule is CC(C)C[Si](C)(C)C.CCC.CCC(C)C. The van der Waals surface area contributed by atoms with E-state index in [9.17, 15) is 0 Å². The maximum Gasteiger partial charge on any atom is 0.0445 e. The first-order valence-electron chi connectivity index (χ1n) is 7.10. The Kier molecular flexibility index (Phi) is 17.8. The molecule has 102 valence electrons. The molecular formula is C15H38Si. The van der Waals surface area contributed by atoms with Crippen molar-refractivity contribution in [2.24, 2.45) is 11.8 Å². The van der Waals surface area contributed by atoms with Crippen LogP contribution in [0, 0.1) is 11.8 Å². The van der Waals surface area contributed by atoms with Gasteiger partial charge in [-0.1, -0.05) is 87.0 Å². The van der Waals surface area contributed by atoms with Crippen LogP contribution in [0.15, 0.2) is 0 Å². The zero-order chi connectivity index (χ0) is 13.8. The molecule has 0 bridgehead atoms. The molecule has 0 saturated carbocycles. The molecule has 0 atom stereocenters. The van der Waals surface area contributed by atoms with E-state index in [4.69, 9.17) is 0 Å². The van der Waals surface area contributed by atoms with Crippen LogP contribution in [0.3, 0.4) is 0 Å². The van der Waals surface area contributed by atoms with E-state index in [2.05, 4.69) is 68.1 Å². The lowest BCUT2D eigenvalue weighted by Gasteiger charge is -2.17. The topological polar surface area (TPSA) is 0 Å². The molecule has 0 unspecified atom stereocenters. The molecule has 0 spiro atoms. The first-order valence-corrected chi connectivity index (χ1v) is 10.8. The van der Waals surface area contributed by atoms with E-state index in [1.54, 1.807) is 0 Å². The Balaban J connectivity index is -0.000000181. The molecule has 16 heavy (non-hydrogen) atoms. The third-order valence-corrected chi connectivity index (χ3v) is 3.88. The second-order valence-electron chi connectivity index (χ2n) is 6.67. The van der Waals surface area contributed by atoms with E-state index in [0.717, 1.165) is 11.8 Å². The Morgan fingerprint density at radius 1 is 0.750 bits per heavy atom. The van der Waals surface area contributed by atoms with E-state index >= 15 is 0 Å². The highest BCUT2D eigenvalue weighted by Crippen LogP contribution is 2.14. The Morgan fingerprint density at radius 3 is 1.00 bits per heavy atom. The summed E-state index contributed by atoms with van der Waals surface area (Å²) >= 11 is 0. The summed E-state index contributed by atoms with van der Waals surface area (Å²) in [6.45, 7) is 22.8. The van der Waals surface area contributed by atoms with Crippen LogP contribution >= 0.6 is 0 Å². The van der Waals surface area contributed by atoms with Crippen molar-refractivity contribution < 1.29 is 0 Å². The Hall–Kier alpha value is 0.217. The normalized spacial score (nSPS) is 10.5. The molecule has 0 amide bonds. The van der Waals surface area contributed by atoms with Crippen molar-refractivity contribution in [1.29, 1.82) is 0 Å². The largest absolute Gasteiger partial charge is 0.0695 e. The molecule has 0 rings (SSSR count). The first kappa shape index (κ1) is 21.5. The second kappa shape index (κ2) is 13.3. The predicted octanol–water partition coefficient (Wildman–Crippen LogP) is 6.45. The van der Waals surface area contributed by atoms with E-state index in [-0.39, 0.29) is 0 Å². The fraction of sp³-hybridized carbons (Fsp3) is 1.00. The maximum atomic E-state index is 2.42. The molecule has 0 aromatic carbocycles. The Bertz CT molecular complexity index is 109. The molecule has 0 fully saturated rings. The van der Waals surface area contributed by atoms with Gasteiger partial charge in [-0.3, -0.25) is 0 Å². The summed E-state index contributed by atoms with van der Waals surface area (Å²) in [6, 6.07) is 1.47. The van der Waals surface area contributed by atoms with Gasteiger partial charge in [0.15, 0.2) is 0 Å². The number of rotatable bonds is 3. The summed E-state index contributed by atoms with van der Waals surface area (Å²) in [4.78, 5) is 0. The van der Waals surface area contributed by atoms with E-state index in [1.165, 1.54) is 18.9 Å². The zero-order valence-corrected chi connectivity index (χ0v) is 14.8. The van der Waals surface area contributed by atoms with Crippen LogP contribution in [0.4, 0.5) is 0 Å². The van der Waals surface area contributed by atoms with Crippen molar-refractivity contribution in [1.82, 2.24) is 0 Å². The third-order valence-electron chi connectivity index (χ3n) is 1.84. The van der Waals surface area contributed by atoms with Crippen LogP contribution in [-0.4, -0.2) is 8.07 Å². The molecule has 0 radical (unpaired) electrons. The quantitative estimate of drug-likeness (QED) is 0.502. The fourth-order valence-electron chi connectivity index (χ4n) is 1.22. The summed E-state index contributed by atoms with van der Waals surface area (Å²) < 4.78 is 0. The summed E-state index contributed by atoms with van der Waals surface area (Å²) in [5, 5.41) is 0. The summed E-state index contributed by atoms with van der Waals surface area (Å²) in [5.74, 6) is 1.79. The Labute approximate surface area is 107 Å².